The first kappa shape index (κ1) is 14.8. The van der Waals surface area contributed by atoms with Crippen LogP contribution >= 0.6 is 11.6 Å². The molecule has 0 aliphatic rings. The molecule has 1 atom stereocenters. The molecular formula is C13H20ClN3O. The van der Waals surface area contributed by atoms with Crippen LogP contribution in [0, 0.1) is 0 Å². The molecule has 18 heavy (non-hydrogen) atoms. The summed E-state index contributed by atoms with van der Waals surface area (Å²) >= 11 is 5.93. The standard InChI is InChI=1S/C13H20ClN3O/c1-2-3-4-10(8-15)17-12-7-9(14)5-6-11(12)13(16)18/h5-7,10,17H,2-4,8,15H2,1H3,(H2,16,18). The fourth-order valence-electron chi connectivity index (χ4n) is 1.77. The molecule has 0 aromatic heterocycles. The molecule has 0 radical (unpaired) electrons. The Kier molecular flexibility index (Phi) is 5.95. The Morgan fingerprint density at radius 1 is 1.50 bits per heavy atom. The van der Waals surface area contributed by atoms with Gasteiger partial charge in [0, 0.05) is 23.3 Å². The highest BCUT2D eigenvalue weighted by molar-refractivity contribution is 6.31. The van der Waals surface area contributed by atoms with Gasteiger partial charge in [0.2, 0.25) is 0 Å². The normalized spacial score (nSPS) is 12.2. The van der Waals surface area contributed by atoms with Crippen LogP contribution in [0.4, 0.5) is 5.69 Å². The lowest BCUT2D eigenvalue weighted by atomic mass is 10.1. The minimum atomic E-state index is -0.472. The topological polar surface area (TPSA) is 81.1 Å². The number of nitrogens with two attached hydrogens (primary N) is 2. The molecule has 1 aromatic rings. The highest BCUT2D eigenvalue weighted by Gasteiger charge is 2.12. The lowest BCUT2D eigenvalue weighted by Gasteiger charge is -2.19. The summed E-state index contributed by atoms with van der Waals surface area (Å²) in [6.07, 6.45) is 3.15. The molecule has 1 amide bonds. The van der Waals surface area contributed by atoms with Gasteiger partial charge in [0.1, 0.15) is 0 Å². The summed E-state index contributed by atoms with van der Waals surface area (Å²) in [4.78, 5) is 11.3. The van der Waals surface area contributed by atoms with E-state index in [2.05, 4.69) is 12.2 Å². The van der Waals surface area contributed by atoms with Crippen LogP contribution in [0.2, 0.25) is 5.02 Å². The molecule has 0 aliphatic carbocycles. The van der Waals surface area contributed by atoms with Crippen molar-refractivity contribution in [1.29, 1.82) is 0 Å². The van der Waals surface area contributed by atoms with Gasteiger partial charge in [0.25, 0.3) is 5.91 Å². The van der Waals surface area contributed by atoms with Crippen LogP contribution < -0.4 is 16.8 Å². The Labute approximate surface area is 113 Å². The van der Waals surface area contributed by atoms with Gasteiger partial charge in [0.05, 0.1) is 5.56 Å². The summed E-state index contributed by atoms with van der Waals surface area (Å²) in [6.45, 7) is 2.63. The van der Waals surface area contributed by atoms with Gasteiger partial charge in [-0.2, -0.15) is 0 Å². The minimum absolute atomic E-state index is 0.126. The lowest BCUT2D eigenvalue weighted by Crippen LogP contribution is -2.30. The van der Waals surface area contributed by atoms with Crippen molar-refractivity contribution in [2.75, 3.05) is 11.9 Å². The number of carbonyl (C=O) groups excluding carboxylic acids is 1. The van der Waals surface area contributed by atoms with Gasteiger partial charge < -0.3 is 16.8 Å². The van der Waals surface area contributed by atoms with E-state index >= 15 is 0 Å². The number of nitrogens with one attached hydrogen (secondary N) is 1. The average Bonchev–Trinajstić information content (AvgIpc) is 2.34. The Balaban J connectivity index is 2.86. The largest absolute Gasteiger partial charge is 0.380 e. The number of carbonyl (C=O) groups is 1. The van der Waals surface area contributed by atoms with Crippen LogP contribution in [0.3, 0.4) is 0 Å². The zero-order valence-corrected chi connectivity index (χ0v) is 11.3. The zero-order chi connectivity index (χ0) is 13.5. The SMILES string of the molecule is CCCCC(CN)Nc1cc(Cl)ccc1C(N)=O. The molecule has 4 nitrogen and oxygen atoms in total. The summed E-state index contributed by atoms with van der Waals surface area (Å²) in [5, 5.41) is 3.81. The molecule has 1 unspecified atom stereocenters. The number of halogens is 1. The predicted octanol–water partition coefficient (Wildman–Crippen LogP) is 2.37. The number of rotatable bonds is 7. The van der Waals surface area contributed by atoms with Crippen molar-refractivity contribution in [2.24, 2.45) is 11.5 Å². The molecule has 5 heteroatoms. The van der Waals surface area contributed by atoms with Crippen molar-refractivity contribution in [3.63, 3.8) is 0 Å². The van der Waals surface area contributed by atoms with Crippen LogP contribution in [-0.4, -0.2) is 18.5 Å². The van der Waals surface area contributed by atoms with E-state index in [0.717, 1.165) is 19.3 Å². The number of primary amides is 1. The second-order valence-electron chi connectivity index (χ2n) is 4.27. The predicted molar refractivity (Wildman–Crippen MR) is 76.0 cm³/mol. The van der Waals surface area contributed by atoms with Gasteiger partial charge in [-0.25, -0.2) is 0 Å². The van der Waals surface area contributed by atoms with E-state index in [1.165, 1.54) is 0 Å². The van der Waals surface area contributed by atoms with Crippen molar-refractivity contribution in [1.82, 2.24) is 0 Å². The molecule has 0 spiro atoms. The van der Waals surface area contributed by atoms with E-state index in [9.17, 15) is 4.79 Å². The van der Waals surface area contributed by atoms with Crippen LogP contribution in [-0.2, 0) is 0 Å². The van der Waals surface area contributed by atoms with Gasteiger partial charge in [-0.05, 0) is 24.6 Å². The smallest absolute Gasteiger partial charge is 0.250 e. The van der Waals surface area contributed by atoms with Gasteiger partial charge in [0.15, 0.2) is 0 Å². The van der Waals surface area contributed by atoms with Crippen molar-refractivity contribution in [3.8, 4) is 0 Å². The van der Waals surface area contributed by atoms with Crippen LogP contribution in [0.25, 0.3) is 0 Å². The Bertz CT molecular complexity index is 409. The van der Waals surface area contributed by atoms with Crippen LogP contribution in [0.15, 0.2) is 18.2 Å². The highest BCUT2D eigenvalue weighted by Crippen LogP contribution is 2.22. The van der Waals surface area contributed by atoms with Gasteiger partial charge >= 0.3 is 0 Å². The summed E-state index contributed by atoms with van der Waals surface area (Å²) in [7, 11) is 0. The Morgan fingerprint density at radius 3 is 2.78 bits per heavy atom. The fourth-order valence-corrected chi connectivity index (χ4v) is 1.94. The third-order valence-corrected chi connectivity index (χ3v) is 3.03. The maximum Gasteiger partial charge on any atom is 0.250 e. The first-order chi connectivity index (χ1) is 8.58. The second-order valence-corrected chi connectivity index (χ2v) is 4.71. The summed E-state index contributed by atoms with van der Waals surface area (Å²) in [5.41, 5.74) is 12.1. The molecule has 0 saturated heterocycles. The first-order valence-corrected chi connectivity index (χ1v) is 6.52. The van der Waals surface area contributed by atoms with Crippen molar-refractivity contribution in [2.45, 2.75) is 32.2 Å². The molecule has 5 N–H and O–H groups in total. The van der Waals surface area contributed by atoms with E-state index in [4.69, 9.17) is 23.1 Å². The number of unbranched alkanes of at least 4 members (excludes halogenated alkanes) is 1. The first-order valence-electron chi connectivity index (χ1n) is 6.14. The second kappa shape index (κ2) is 7.24. The summed E-state index contributed by atoms with van der Waals surface area (Å²) in [5.74, 6) is -0.472. The maximum absolute atomic E-state index is 11.3. The van der Waals surface area contributed by atoms with Crippen LogP contribution in [0.5, 0.6) is 0 Å². The molecule has 0 saturated carbocycles. The number of anilines is 1. The Morgan fingerprint density at radius 2 is 2.22 bits per heavy atom. The van der Waals surface area contributed by atoms with Crippen LogP contribution in [0.1, 0.15) is 36.5 Å². The number of hydrogen-bond donors (Lipinski definition) is 3. The molecule has 100 valence electrons. The monoisotopic (exact) mass is 269 g/mol. The van der Waals surface area contributed by atoms with Crippen molar-refractivity contribution >= 4 is 23.2 Å². The molecule has 0 heterocycles. The zero-order valence-electron chi connectivity index (χ0n) is 10.6. The lowest BCUT2D eigenvalue weighted by molar-refractivity contribution is 0.100. The molecule has 1 rings (SSSR count). The minimum Gasteiger partial charge on any atom is -0.380 e. The highest BCUT2D eigenvalue weighted by atomic mass is 35.5. The quantitative estimate of drug-likeness (QED) is 0.711. The Hall–Kier alpha value is -1.26. The number of amides is 1. The van der Waals surface area contributed by atoms with Gasteiger partial charge in [-0.1, -0.05) is 31.4 Å². The van der Waals surface area contributed by atoms with Crippen molar-refractivity contribution in [3.05, 3.63) is 28.8 Å². The average molecular weight is 270 g/mol. The molecule has 0 aliphatic heterocycles. The van der Waals surface area contributed by atoms with Gasteiger partial charge in [-0.15, -0.1) is 0 Å². The van der Waals surface area contributed by atoms with E-state index in [-0.39, 0.29) is 6.04 Å². The fraction of sp³-hybridized carbons (Fsp3) is 0.462. The summed E-state index contributed by atoms with van der Waals surface area (Å²) in [6, 6.07) is 5.11. The van der Waals surface area contributed by atoms with E-state index in [1.807, 2.05) is 0 Å². The molecule has 1 aromatic carbocycles. The number of benzene rings is 1. The maximum atomic E-state index is 11.3. The third kappa shape index (κ3) is 4.20. The van der Waals surface area contributed by atoms with E-state index in [1.54, 1.807) is 18.2 Å². The van der Waals surface area contributed by atoms with E-state index in [0.29, 0.717) is 22.8 Å². The van der Waals surface area contributed by atoms with Crippen molar-refractivity contribution < 1.29 is 4.79 Å². The molecule has 0 fully saturated rings. The van der Waals surface area contributed by atoms with Gasteiger partial charge in [-0.3, -0.25) is 4.79 Å². The number of hydrogen-bond acceptors (Lipinski definition) is 3. The van der Waals surface area contributed by atoms with E-state index < -0.39 is 5.91 Å². The molecular weight excluding hydrogens is 250 g/mol. The third-order valence-electron chi connectivity index (χ3n) is 2.80. The molecule has 0 bridgehead atoms. The summed E-state index contributed by atoms with van der Waals surface area (Å²) < 4.78 is 0.